The minimum Gasteiger partial charge on any atom is -0.479 e. The van der Waals surface area contributed by atoms with Crippen molar-refractivity contribution in [2.45, 2.75) is 25.8 Å². The van der Waals surface area contributed by atoms with Gasteiger partial charge in [-0.2, -0.15) is 0 Å². The van der Waals surface area contributed by atoms with E-state index >= 15 is 0 Å². The van der Waals surface area contributed by atoms with Crippen molar-refractivity contribution in [2.24, 2.45) is 0 Å². The Morgan fingerprint density at radius 3 is 2.75 bits per heavy atom. The van der Waals surface area contributed by atoms with E-state index in [4.69, 9.17) is 23.2 Å². The number of nitrogens with zero attached hydrogens (tertiary/aromatic N) is 4. The lowest BCUT2D eigenvalue weighted by Crippen LogP contribution is -2.39. The van der Waals surface area contributed by atoms with Crippen LogP contribution >= 0.6 is 23.2 Å². The van der Waals surface area contributed by atoms with E-state index < -0.39 is 11.5 Å². The van der Waals surface area contributed by atoms with Gasteiger partial charge in [-0.05, 0) is 42.0 Å². The Morgan fingerprint density at radius 2 is 2.15 bits per heavy atom. The van der Waals surface area contributed by atoms with Crippen molar-refractivity contribution in [3.8, 4) is 11.4 Å². The highest BCUT2D eigenvalue weighted by Gasteiger charge is 2.37. The molecule has 1 aromatic carbocycles. The summed E-state index contributed by atoms with van der Waals surface area (Å²) in [6.45, 7) is 3.30. The van der Waals surface area contributed by atoms with Crippen molar-refractivity contribution in [3.05, 3.63) is 28.2 Å². The zero-order chi connectivity index (χ0) is 14.9. The Labute approximate surface area is 125 Å². The second kappa shape index (κ2) is 5.38. The van der Waals surface area contributed by atoms with Crippen molar-refractivity contribution in [3.63, 3.8) is 0 Å². The molecule has 1 heterocycles. The molecule has 0 radical (unpaired) electrons. The highest BCUT2D eigenvalue weighted by atomic mass is 35.5. The number of halogens is 2. The third-order valence-electron chi connectivity index (χ3n) is 3.26. The molecule has 2 rings (SSSR count). The lowest BCUT2D eigenvalue weighted by Gasteiger charge is -2.24. The van der Waals surface area contributed by atoms with E-state index in [1.165, 1.54) is 4.68 Å². The molecule has 1 aromatic heterocycles. The van der Waals surface area contributed by atoms with E-state index in [1.807, 2.05) is 0 Å². The van der Waals surface area contributed by atoms with Gasteiger partial charge < -0.3 is 5.11 Å². The molecule has 1 N–H and O–H groups in total. The van der Waals surface area contributed by atoms with Crippen molar-refractivity contribution in [1.29, 1.82) is 0 Å². The predicted molar refractivity (Wildman–Crippen MR) is 74.8 cm³/mol. The first-order chi connectivity index (χ1) is 9.40. The number of carbonyl (C=O) groups is 1. The zero-order valence-corrected chi connectivity index (χ0v) is 12.4. The fourth-order valence-corrected chi connectivity index (χ4v) is 2.12. The summed E-state index contributed by atoms with van der Waals surface area (Å²) in [6.07, 6.45) is 0.318. The van der Waals surface area contributed by atoms with E-state index in [-0.39, 0.29) is 5.82 Å². The summed E-state index contributed by atoms with van der Waals surface area (Å²) in [6, 6.07) is 4.85. The number of hydrogen-bond acceptors (Lipinski definition) is 4. The van der Waals surface area contributed by atoms with Crippen LogP contribution < -0.4 is 0 Å². The average Bonchev–Trinajstić information content (AvgIpc) is 2.90. The van der Waals surface area contributed by atoms with Crippen LogP contribution in [-0.4, -0.2) is 31.3 Å². The van der Waals surface area contributed by atoms with Crippen LogP contribution in [0.25, 0.3) is 11.4 Å². The third kappa shape index (κ3) is 2.36. The molecule has 0 amide bonds. The van der Waals surface area contributed by atoms with Gasteiger partial charge in [0.25, 0.3) is 0 Å². The topological polar surface area (TPSA) is 80.9 Å². The SMILES string of the molecule is CCC(C)(C(=O)O)n1nnnc1-c1cc(Cl)ccc1Cl. The molecule has 0 aliphatic heterocycles. The number of tetrazole rings is 1. The fraction of sp³-hybridized carbons (Fsp3) is 0.333. The van der Waals surface area contributed by atoms with Crippen LogP contribution in [-0.2, 0) is 10.3 Å². The van der Waals surface area contributed by atoms with Crippen molar-refractivity contribution in [1.82, 2.24) is 20.2 Å². The summed E-state index contributed by atoms with van der Waals surface area (Å²) in [5.41, 5.74) is -0.769. The second-order valence-electron chi connectivity index (χ2n) is 4.47. The molecule has 0 aliphatic carbocycles. The van der Waals surface area contributed by atoms with Gasteiger partial charge in [-0.15, -0.1) is 5.10 Å². The average molecular weight is 315 g/mol. The van der Waals surface area contributed by atoms with E-state index in [0.29, 0.717) is 22.0 Å². The van der Waals surface area contributed by atoms with Gasteiger partial charge in [-0.1, -0.05) is 30.1 Å². The van der Waals surface area contributed by atoms with Crippen molar-refractivity contribution < 1.29 is 9.90 Å². The molecule has 1 unspecified atom stereocenters. The van der Waals surface area contributed by atoms with Crippen LogP contribution in [0.4, 0.5) is 0 Å². The maximum atomic E-state index is 11.5. The molecule has 2 aromatic rings. The van der Waals surface area contributed by atoms with Gasteiger partial charge in [0, 0.05) is 10.6 Å². The molecule has 1 atom stereocenters. The Balaban J connectivity index is 2.64. The number of aliphatic carboxylic acids is 1. The van der Waals surface area contributed by atoms with E-state index in [9.17, 15) is 9.90 Å². The highest BCUT2D eigenvalue weighted by molar-refractivity contribution is 6.35. The van der Waals surface area contributed by atoms with E-state index in [0.717, 1.165) is 0 Å². The van der Waals surface area contributed by atoms with Gasteiger partial charge in [0.05, 0.1) is 5.02 Å². The summed E-state index contributed by atoms with van der Waals surface area (Å²) in [5.74, 6) is -0.754. The van der Waals surface area contributed by atoms with Gasteiger partial charge >= 0.3 is 5.97 Å². The van der Waals surface area contributed by atoms with Crippen molar-refractivity contribution >= 4 is 29.2 Å². The van der Waals surface area contributed by atoms with Gasteiger partial charge in [0.2, 0.25) is 0 Å². The summed E-state index contributed by atoms with van der Waals surface area (Å²) < 4.78 is 1.26. The molecule has 0 saturated carbocycles. The lowest BCUT2D eigenvalue weighted by atomic mass is 9.99. The van der Waals surface area contributed by atoms with E-state index in [1.54, 1.807) is 32.0 Å². The summed E-state index contributed by atoms with van der Waals surface area (Å²) >= 11 is 12.1. The van der Waals surface area contributed by atoms with Gasteiger partial charge in [0.1, 0.15) is 0 Å². The Kier molecular flexibility index (Phi) is 3.96. The van der Waals surface area contributed by atoms with Gasteiger partial charge in [-0.25, -0.2) is 9.48 Å². The fourth-order valence-electron chi connectivity index (χ4n) is 1.75. The normalized spacial score (nSPS) is 14.0. The van der Waals surface area contributed by atoms with Crippen LogP contribution in [0, 0.1) is 0 Å². The van der Waals surface area contributed by atoms with E-state index in [2.05, 4.69) is 15.5 Å². The quantitative estimate of drug-likeness (QED) is 0.938. The summed E-state index contributed by atoms with van der Waals surface area (Å²) in [7, 11) is 0. The van der Waals surface area contributed by atoms with Crippen LogP contribution in [0.15, 0.2) is 18.2 Å². The van der Waals surface area contributed by atoms with Crippen molar-refractivity contribution in [2.75, 3.05) is 0 Å². The molecule has 0 aliphatic rings. The van der Waals surface area contributed by atoms with Crippen LogP contribution in [0.5, 0.6) is 0 Å². The van der Waals surface area contributed by atoms with Gasteiger partial charge in [0.15, 0.2) is 11.4 Å². The van der Waals surface area contributed by atoms with Crippen LogP contribution in [0.2, 0.25) is 10.0 Å². The second-order valence-corrected chi connectivity index (χ2v) is 5.31. The Morgan fingerprint density at radius 1 is 1.45 bits per heavy atom. The largest absolute Gasteiger partial charge is 0.479 e. The summed E-state index contributed by atoms with van der Waals surface area (Å²) in [5, 5.41) is 21.5. The molecule has 0 saturated heterocycles. The number of carboxylic acid groups (broad SMARTS) is 1. The number of aromatic nitrogens is 4. The predicted octanol–water partition coefficient (Wildman–Crippen LogP) is 2.86. The van der Waals surface area contributed by atoms with Gasteiger partial charge in [-0.3, -0.25) is 0 Å². The maximum Gasteiger partial charge on any atom is 0.331 e. The molecule has 0 fully saturated rings. The Bertz CT molecular complexity index is 659. The molecular formula is C12H12Cl2N4O2. The standard InChI is InChI=1S/C12H12Cl2N4O2/c1-3-12(2,11(19)20)18-10(15-16-17-18)8-6-7(13)4-5-9(8)14/h4-6H,3H2,1-2H3,(H,19,20). The monoisotopic (exact) mass is 314 g/mol. The smallest absolute Gasteiger partial charge is 0.331 e. The van der Waals surface area contributed by atoms with Crippen LogP contribution in [0.3, 0.4) is 0 Å². The summed E-state index contributed by atoms with van der Waals surface area (Å²) in [4.78, 5) is 11.5. The lowest BCUT2D eigenvalue weighted by molar-refractivity contribution is -0.147. The number of carboxylic acids is 1. The number of rotatable bonds is 4. The highest BCUT2D eigenvalue weighted by Crippen LogP contribution is 2.32. The maximum absolute atomic E-state index is 11.5. The first-order valence-electron chi connectivity index (χ1n) is 5.88. The van der Waals surface area contributed by atoms with Crippen LogP contribution in [0.1, 0.15) is 20.3 Å². The minimum absolute atomic E-state index is 0.268. The molecule has 106 valence electrons. The third-order valence-corrected chi connectivity index (χ3v) is 3.82. The molecule has 6 nitrogen and oxygen atoms in total. The first-order valence-corrected chi connectivity index (χ1v) is 6.63. The number of hydrogen-bond donors (Lipinski definition) is 1. The minimum atomic E-state index is -1.26. The molecule has 20 heavy (non-hydrogen) atoms. The zero-order valence-electron chi connectivity index (χ0n) is 10.8. The number of benzene rings is 1. The molecule has 8 heteroatoms. The molecule has 0 spiro atoms. The molecular weight excluding hydrogens is 303 g/mol. The molecule has 0 bridgehead atoms. The first kappa shape index (κ1) is 14.7. The Hall–Kier alpha value is -1.66.